The topological polar surface area (TPSA) is 26.3 Å². The Morgan fingerprint density at radius 3 is 2.35 bits per heavy atom. The Morgan fingerprint density at radius 2 is 1.75 bits per heavy atom. The van der Waals surface area contributed by atoms with Gasteiger partial charge in [-0.15, -0.1) is 0 Å². The molecule has 0 N–H and O–H groups in total. The van der Waals surface area contributed by atoms with Gasteiger partial charge in [0.15, 0.2) is 0 Å². The average Bonchev–Trinajstić information content (AvgIpc) is 2.46. The molecule has 2 nitrogen and oxygen atoms in total. The highest BCUT2D eigenvalue weighted by atomic mass is 16.5. The lowest BCUT2D eigenvalue weighted by Gasteiger charge is -2.61. The van der Waals surface area contributed by atoms with E-state index in [9.17, 15) is 4.79 Å². The summed E-state index contributed by atoms with van der Waals surface area (Å²) in [6, 6.07) is 10.9. The first-order chi connectivity index (χ1) is 9.66. The van der Waals surface area contributed by atoms with Crippen molar-refractivity contribution in [2.24, 2.45) is 17.3 Å². The quantitative estimate of drug-likeness (QED) is 0.766. The summed E-state index contributed by atoms with van der Waals surface area (Å²) in [6.45, 7) is 0. The van der Waals surface area contributed by atoms with E-state index >= 15 is 0 Å². The van der Waals surface area contributed by atoms with Crippen molar-refractivity contribution in [1.82, 2.24) is 0 Å². The van der Waals surface area contributed by atoms with Crippen LogP contribution in [0.2, 0.25) is 0 Å². The minimum absolute atomic E-state index is 0.0481. The van der Waals surface area contributed by atoms with Crippen molar-refractivity contribution in [3.05, 3.63) is 35.9 Å². The number of carbonyl (C=O) groups excluding carboxylic acids is 1. The lowest BCUT2D eigenvalue weighted by Crippen LogP contribution is -2.57. The standard InChI is InChI=1S/C18H22O2/c1-20-16(19)18-10-13-7-14(11-18)9-17(8-13,12-18)15-5-3-2-4-6-15/h2-6,13-14H,7-12H2,1H3/t13-,14+,17?,18?. The molecule has 0 radical (unpaired) electrons. The fraction of sp³-hybridized carbons (Fsp3) is 0.611. The average molecular weight is 270 g/mol. The Bertz CT molecular complexity index is 520. The van der Waals surface area contributed by atoms with Gasteiger partial charge in [0, 0.05) is 0 Å². The first kappa shape index (κ1) is 12.4. The van der Waals surface area contributed by atoms with Crippen LogP contribution in [-0.4, -0.2) is 13.1 Å². The number of carbonyl (C=O) groups is 1. The summed E-state index contributed by atoms with van der Waals surface area (Å²) in [5, 5.41) is 0. The van der Waals surface area contributed by atoms with Crippen molar-refractivity contribution in [2.45, 2.75) is 43.9 Å². The number of esters is 1. The van der Waals surface area contributed by atoms with Gasteiger partial charge in [0.1, 0.15) is 0 Å². The second kappa shape index (κ2) is 4.09. The van der Waals surface area contributed by atoms with Gasteiger partial charge in [-0.25, -0.2) is 0 Å². The first-order valence-corrected chi connectivity index (χ1v) is 7.80. The predicted octanol–water partition coefficient (Wildman–Crippen LogP) is 3.70. The Kier molecular flexibility index (Phi) is 2.55. The molecule has 1 aromatic carbocycles. The summed E-state index contributed by atoms with van der Waals surface area (Å²) >= 11 is 0. The van der Waals surface area contributed by atoms with Crippen molar-refractivity contribution in [1.29, 1.82) is 0 Å². The van der Waals surface area contributed by atoms with E-state index < -0.39 is 0 Å². The molecule has 4 saturated carbocycles. The summed E-state index contributed by atoms with van der Waals surface area (Å²) in [4.78, 5) is 12.4. The van der Waals surface area contributed by atoms with Gasteiger partial charge in [-0.3, -0.25) is 4.79 Å². The number of benzene rings is 1. The van der Waals surface area contributed by atoms with Crippen LogP contribution in [0.1, 0.15) is 44.1 Å². The van der Waals surface area contributed by atoms with Gasteiger partial charge in [0.25, 0.3) is 0 Å². The molecular weight excluding hydrogens is 248 g/mol. The van der Waals surface area contributed by atoms with E-state index in [-0.39, 0.29) is 16.8 Å². The molecule has 106 valence electrons. The third kappa shape index (κ3) is 1.60. The zero-order chi connectivity index (χ0) is 13.8. The minimum Gasteiger partial charge on any atom is -0.469 e. The predicted molar refractivity (Wildman–Crippen MR) is 77.3 cm³/mol. The minimum atomic E-state index is -0.186. The number of rotatable bonds is 2. The van der Waals surface area contributed by atoms with Crippen LogP contribution in [0.15, 0.2) is 30.3 Å². The van der Waals surface area contributed by atoms with Crippen molar-refractivity contribution in [3.8, 4) is 0 Å². The highest BCUT2D eigenvalue weighted by molar-refractivity contribution is 5.77. The molecule has 20 heavy (non-hydrogen) atoms. The maximum atomic E-state index is 12.4. The van der Waals surface area contributed by atoms with Crippen molar-refractivity contribution in [3.63, 3.8) is 0 Å². The molecule has 0 spiro atoms. The van der Waals surface area contributed by atoms with Gasteiger partial charge in [-0.05, 0) is 61.3 Å². The van der Waals surface area contributed by atoms with Crippen molar-refractivity contribution < 1.29 is 9.53 Å². The van der Waals surface area contributed by atoms with Crippen LogP contribution in [0.4, 0.5) is 0 Å². The Labute approximate surface area is 120 Å². The Balaban J connectivity index is 1.78. The van der Waals surface area contributed by atoms with Crippen LogP contribution in [0.5, 0.6) is 0 Å². The number of hydrogen-bond acceptors (Lipinski definition) is 2. The third-order valence-electron chi connectivity index (χ3n) is 6.07. The lowest BCUT2D eigenvalue weighted by atomic mass is 9.43. The fourth-order valence-corrected chi connectivity index (χ4v) is 5.85. The van der Waals surface area contributed by atoms with E-state index in [1.807, 2.05) is 0 Å². The molecule has 0 saturated heterocycles. The van der Waals surface area contributed by atoms with Gasteiger partial charge < -0.3 is 4.74 Å². The smallest absolute Gasteiger partial charge is 0.311 e. The van der Waals surface area contributed by atoms with E-state index in [0.29, 0.717) is 0 Å². The summed E-state index contributed by atoms with van der Waals surface area (Å²) in [6.07, 6.45) is 6.99. The molecule has 0 amide bonds. The second-order valence-corrected chi connectivity index (χ2v) is 7.38. The van der Waals surface area contributed by atoms with Crippen LogP contribution in [0.25, 0.3) is 0 Å². The van der Waals surface area contributed by atoms with Gasteiger partial charge in [-0.2, -0.15) is 0 Å². The third-order valence-corrected chi connectivity index (χ3v) is 6.07. The molecular formula is C18H22O2. The molecule has 0 aliphatic heterocycles. The monoisotopic (exact) mass is 270 g/mol. The Hall–Kier alpha value is -1.31. The zero-order valence-electron chi connectivity index (χ0n) is 12.1. The molecule has 2 heteroatoms. The van der Waals surface area contributed by atoms with Crippen LogP contribution < -0.4 is 0 Å². The van der Waals surface area contributed by atoms with Gasteiger partial charge in [0.2, 0.25) is 0 Å². The molecule has 4 bridgehead atoms. The molecule has 5 rings (SSSR count). The molecule has 4 aliphatic carbocycles. The summed E-state index contributed by atoms with van der Waals surface area (Å²) in [7, 11) is 1.55. The molecule has 0 aromatic heterocycles. The molecule has 2 unspecified atom stereocenters. The van der Waals surface area contributed by atoms with Crippen LogP contribution in [-0.2, 0) is 14.9 Å². The second-order valence-electron chi connectivity index (χ2n) is 7.38. The van der Waals surface area contributed by atoms with Gasteiger partial charge >= 0.3 is 5.97 Å². The van der Waals surface area contributed by atoms with E-state index in [1.54, 1.807) is 7.11 Å². The van der Waals surface area contributed by atoms with Crippen LogP contribution in [0, 0.1) is 17.3 Å². The number of ether oxygens (including phenoxy) is 1. The van der Waals surface area contributed by atoms with E-state index in [1.165, 1.54) is 24.8 Å². The van der Waals surface area contributed by atoms with Crippen LogP contribution >= 0.6 is 0 Å². The highest BCUT2D eigenvalue weighted by Gasteiger charge is 2.61. The molecule has 4 atom stereocenters. The Morgan fingerprint density at radius 1 is 1.10 bits per heavy atom. The molecule has 4 aliphatic rings. The van der Waals surface area contributed by atoms with E-state index in [2.05, 4.69) is 30.3 Å². The first-order valence-electron chi connectivity index (χ1n) is 7.80. The van der Waals surface area contributed by atoms with Gasteiger partial charge in [0.05, 0.1) is 12.5 Å². The van der Waals surface area contributed by atoms with Crippen molar-refractivity contribution in [2.75, 3.05) is 7.11 Å². The molecule has 0 heterocycles. The van der Waals surface area contributed by atoms with Crippen LogP contribution in [0.3, 0.4) is 0 Å². The van der Waals surface area contributed by atoms with E-state index in [0.717, 1.165) is 31.1 Å². The van der Waals surface area contributed by atoms with Gasteiger partial charge in [-0.1, -0.05) is 30.3 Å². The SMILES string of the molecule is COC(=O)C12C[C@H]3C[C@@H](C1)CC(c1ccccc1)(C3)C2. The van der Waals surface area contributed by atoms with E-state index in [4.69, 9.17) is 4.74 Å². The lowest BCUT2D eigenvalue weighted by molar-refractivity contribution is -0.171. The summed E-state index contributed by atoms with van der Waals surface area (Å²) < 4.78 is 5.18. The summed E-state index contributed by atoms with van der Waals surface area (Å²) in [5.41, 5.74) is 1.50. The largest absolute Gasteiger partial charge is 0.469 e. The molecule has 4 fully saturated rings. The summed E-state index contributed by atoms with van der Waals surface area (Å²) in [5.74, 6) is 1.48. The highest BCUT2D eigenvalue weighted by Crippen LogP contribution is 2.65. The number of hydrogen-bond donors (Lipinski definition) is 0. The zero-order valence-corrected chi connectivity index (χ0v) is 12.1. The fourth-order valence-electron chi connectivity index (χ4n) is 5.85. The molecule has 1 aromatic rings. The normalized spacial score (nSPS) is 41.6. The number of methoxy groups -OCH3 is 1. The van der Waals surface area contributed by atoms with Crippen molar-refractivity contribution >= 4 is 5.97 Å². The maximum absolute atomic E-state index is 12.4. The maximum Gasteiger partial charge on any atom is 0.311 e.